The van der Waals surface area contributed by atoms with Crippen molar-refractivity contribution in [2.24, 2.45) is 0 Å². The van der Waals surface area contributed by atoms with Crippen LogP contribution >= 0.6 is 0 Å². The third-order valence-electron chi connectivity index (χ3n) is 3.64. The highest BCUT2D eigenvalue weighted by molar-refractivity contribution is 5.59. The predicted octanol–water partition coefficient (Wildman–Crippen LogP) is 1.95. The molecular weight excluding hydrogens is 271 g/mol. The zero-order valence-corrected chi connectivity index (χ0v) is 11.9. The van der Waals surface area contributed by atoms with Crippen molar-refractivity contribution in [2.45, 2.75) is 0 Å². The maximum atomic E-state index is 13.3. The van der Waals surface area contributed by atoms with Gasteiger partial charge in [-0.1, -0.05) is 0 Å². The molecule has 1 aliphatic rings. The molecule has 5 nitrogen and oxygen atoms in total. The molecule has 2 aromatic rings. The van der Waals surface area contributed by atoms with E-state index in [9.17, 15) is 4.39 Å². The van der Waals surface area contributed by atoms with E-state index in [-0.39, 0.29) is 5.82 Å². The zero-order valence-electron chi connectivity index (χ0n) is 11.9. The van der Waals surface area contributed by atoms with E-state index >= 15 is 0 Å². The summed E-state index contributed by atoms with van der Waals surface area (Å²) in [6.07, 6.45) is 5.14. The van der Waals surface area contributed by atoms with Crippen molar-refractivity contribution in [3.05, 3.63) is 42.6 Å². The fourth-order valence-corrected chi connectivity index (χ4v) is 2.54. The molecule has 1 aromatic heterocycles. The summed E-state index contributed by atoms with van der Waals surface area (Å²) in [5.74, 6) is 1.18. The minimum atomic E-state index is -0.284. The normalized spacial score (nSPS) is 15.1. The molecule has 0 aliphatic carbocycles. The number of piperazine rings is 1. The largest absolute Gasteiger partial charge is 0.494 e. The van der Waals surface area contributed by atoms with Crippen molar-refractivity contribution in [1.29, 1.82) is 0 Å². The van der Waals surface area contributed by atoms with Gasteiger partial charge in [-0.25, -0.2) is 9.37 Å². The van der Waals surface area contributed by atoms with Crippen LogP contribution in [0.3, 0.4) is 0 Å². The molecule has 110 valence electrons. The Morgan fingerprint density at radius 1 is 1.10 bits per heavy atom. The maximum absolute atomic E-state index is 13.3. The summed E-state index contributed by atoms with van der Waals surface area (Å²) >= 11 is 0. The van der Waals surface area contributed by atoms with E-state index in [2.05, 4.69) is 19.8 Å². The lowest BCUT2D eigenvalue weighted by molar-refractivity contribution is 0.410. The van der Waals surface area contributed by atoms with E-state index in [0.29, 0.717) is 5.75 Å². The summed E-state index contributed by atoms with van der Waals surface area (Å²) in [5.41, 5.74) is 0.928. The highest BCUT2D eigenvalue weighted by Gasteiger charge is 2.20. The molecular formula is C15H17FN4O. The average molecular weight is 288 g/mol. The number of anilines is 2. The molecule has 0 saturated carbocycles. The van der Waals surface area contributed by atoms with Crippen LogP contribution in [0, 0.1) is 5.82 Å². The standard InChI is InChI=1S/C15H17FN4O/c1-21-14-10-12(16)2-3-13(14)19-6-8-20(9-7-19)15-11-17-4-5-18-15/h2-5,10-11H,6-9H2,1H3. The van der Waals surface area contributed by atoms with Gasteiger partial charge >= 0.3 is 0 Å². The SMILES string of the molecule is COc1cc(F)ccc1N1CCN(c2cnccn2)CC1. The number of rotatable bonds is 3. The highest BCUT2D eigenvalue weighted by Crippen LogP contribution is 2.30. The van der Waals surface area contributed by atoms with E-state index in [4.69, 9.17) is 4.74 Å². The molecule has 1 saturated heterocycles. The van der Waals surface area contributed by atoms with Crippen LogP contribution in [0.1, 0.15) is 0 Å². The van der Waals surface area contributed by atoms with Crippen LogP contribution in [0.5, 0.6) is 5.75 Å². The molecule has 1 aromatic carbocycles. The number of hydrogen-bond acceptors (Lipinski definition) is 5. The summed E-state index contributed by atoms with van der Waals surface area (Å²) in [5, 5.41) is 0. The van der Waals surface area contributed by atoms with Gasteiger partial charge in [0, 0.05) is 44.6 Å². The third kappa shape index (κ3) is 2.89. The van der Waals surface area contributed by atoms with Gasteiger partial charge in [0.05, 0.1) is 19.0 Å². The maximum Gasteiger partial charge on any atom is 0.147 e. The van der Waals surface area contributed by atoms with Crippen molar-refractivity contribution in [3.63, 3.8) is 0 Å². The fourth-order valence-electron chi connectivity index (χ4n) is 2.54. The van der Waals surface area contributed by atoms with Gasteiger partial charge in [0.15, 0.2) is 0 Å². The van der Waals surface area contributed by atoms with Crippen LogP contribution in [0.2, 0.25) is 0 Å². The molecule has 1 aliphatic heterocycles. The molecule has 0 unspecified atom stereocenters. The Balaban J connectivity index is 1.71. The van der Waals surface area contributed by atoms with E-state index in [1.54, 1.807) is 31.8 Å². The highest BCUT2D eigenvalue weighted by atomic mass is 19.1. The minimum absolute atomic E-state index is 0.284. The van der Waals surface area contributed by atoms with Gasteiger partial charge < -0.3 is 14.5 Å². The second-order valence-electron chi connectivity index (χ2n) is 4.85. The van der Waals surface area contributed by atoms with Gasteiger partial charge in [-0.2, -0.15) is 0 Å². The predicted molar refractivity (Wildman–Crippen MR) is 79.4 cm³/mol. The molecule has 0 atom stereocenters. The third-order valence-corrected chi connectivity index (χ3v) is 3.64. The summed E-state index contributed by atoms with van der Waals surface area (Å²) in [7, 11) is 1.56. The number of halogens is 1. The molecule has 1 fully saturated rings. The Bertz CT molecular complexity index is 600. The molecule has 21 heavy (non-hydrogen) atoms. The van der Waals surface area contributed by atoms with Crippen molar-refractivity contribution in [2.75, 3.05) is 43.1 Å². The van der Waals surface area contributed by atoms with Crippen LogP contribution in [-0.2, 0) is 0 Å². The summed E-state index contributed by atoms with van der Waals surface area (Å²) in [6.45, 7) is 3.36. The molecule has 3 rings (SSSR count). The van der Waals surface area contributed by atoms with Gasteiger partial charge in [-0.3, -0.25) is 4.98 Å². The summed E-state index contributed by atoms with van der Waals surface area (Å²) < 4.78 is 18.5. The van der Waals surface area contributed by atoms with Gasteiger partial charge in [0.2, 0.25) is 0 Å². The van der Waals surface area contributed by atoms with Crippen LogP contribution in [0.25, 0.3) is 0 Å². The van der Waals surface area contributed by atoms with Gasteiger partial charge in [0.25, 0.3) is 0 Å². The number of hydrogen-bond donors (Lipinski definition) is 0. The van der Waals surface area contributed by atoms with E-state index < -0.39 is 0 Å². The number of aromatic nitrogens is 2. The van der Waals surface area contributed by atoms with Crippen molar-refractivity contribution < 1.29 is 9.13 Å². The molecule has 2 heterocycles. The van der Waals surface area contributed by atoms with Gasteiger partial charge in [0.1, 0.15) is 17.4 Å². The summed E-state index contributed by atoms with van der Waals surface area (Å²) in [4.78, 5) is 12.8. The Hall–Kier alpha value is -2.37. The lowest BCUT2D eigenvalue weighted by atomic mass is 10.2. The lowest BCUT2D eigenvalue weighted by Gasteiger charge is -2.37. The second kappa shape index (κ2) is 5.95. The molecule has 0 radical (unpaired) electrons. The van der Waals surface area contributed by atoms with E-state index in [1.807, 2.05) is 0 Å². The Labute approximate surface area is 123 Å². The van der Waals surface area contributed by atoms with Gasteiger partial charge in [-0.05, 0) is 12.1 Å². The minimum Gasteiger partial charge on any atom is -0.494 e. The molecule has 0 amide bonds. The summed E-state index contributed by atoms with van der Waals surface area (Å²) in [6, 6.07) is 4.66. The number of methoxy groups -OCH3 is 1. The fraction of sp³-hybridized carbons (Fsp3) is 0.333. The zero-order chi connectivity index (χ0) is 14.7. The Morgan fingerprint density at radius 3 is 2.52 bits per heavy atom. The monoisotopic (exact) mass is 288 g/mol. The number of nitrogens with zero attached hydrogens (tertiary/aromatic N) is 4. The number of ether oxygens (including phenoxy) is 1. The van der Waals surface area contributed by atoms with Gasteiger partial charge in [-0.15, -0.1) is 0 Å². The quantitative estimate of drug-likeness (QED) is 0.863. The molecule has 0 spiro atoms. The Kier molecular flexibility index (Phi) is 3.85. The van der Waals surface area contributed by atoms with E-state index in [1.165, 1.54) is 12.1 Å². The van der Waals surface area contributed by atoms with Crippen LogP contribution in [-0.4, -0.2) is 43.3 Å². The van der Waals surface area contributed by atoms with Crippen LogP contribution in [0.4, 0.5) is 15.9 Å². The smallest absolute Gasteiger partial charge is 0.147 e. The first-order valence-electron chi connectivity index (χ1n) is 6.87. The first-order valence-corrected chi connectivity index (χ1v) is 6.87. The van der Waals surface area contributed by atoms with Crippen molar-refractivity contribution >= 4 is 11.5 Å². The van der Waals surface area contributed by atoms with Crippen molar-refractivity contribution in [1.82, 2.24) is 9.97 Å². The number of benzene rings is 1. The lowest BCUT2D eigenvalue weighted by Crippen LogP contribution is -2.47. The Morgan fingerprint density at radius 2 is 1.86 bits per heavy atom. The average Bonchev–Trinajstić information content (AvgIpc) is 2.56. The molecule has 6 heteroatoms. The first kappa shape index (κ1) is 13.6. The van der Waals surface area contributed by atoms with Crippen LogP contribution < -0.4 is 14.5 Å². The molecule has 0 bridgehead atoms. The second-order valence-corrected chi connectivity index (χ2v) is 4.85. The van der Waals surface area contributed by atoms with Crippen LogP contribution in [0.15, 0.2) is 36.8 Å². The van der Waals surface area contributed by atoms with Crippen molar-refractivity contribution in [3.8, 4) is 5.75 Å². The molecule has 0 N–H and O–H groups in total. The topological polar surface area (TPSA) is 41.5 Å². The van der Waals surface area contributed by atoms with E-state index in [0.717, 1.165) is 37.7 Å². The first-order chi connectivity index (χ1) is 10.3.